The lowest BCUT2D eigenvalue weighted by molar-refractivity contribution is 0.0944. The topological polar surface area (TPSA) is 67.0 Å². The van der Waals surface area contributed by atoms with Gasteiger partial charge in [-0.1, -0.05) is 36.0 Å². The van der Waals surface area contributed by atoms with Crippen molar-refractivity contribution in [3.63, 3.8) is 0 Å². The molecule has 5 nitrogen and oxygen atoms in total. The highest BCUT2D eigenvalue weighted by Gasteiger charge is 2.19. The molecule has 28 heavy (non-hydrogen) atoms. The van der Waals surface area contributed by atoms with Crippen molar-refractivity contribution in [3.8, 4) is 5.75 Å². The maximum Gasteiger partial charge on any atom is 0.269 e. The van der Waals surface area contributed by atoms with Gasteiger partial charge in [0.2, 0.25) is 0 Å². The number of hydrogen-bond donors (Lipinski definition) is 2. The van der Waals surface area contributed by atoms with E-state index < -0.39 is 0 Å². The Morgan fingerprint density at radius 3 is 2.75 bits per heavy atom. The van der Waals surface area contributed by atoms with Gasteiger partial charge in [0.15, 0.2) is 0 Å². The van der Waals surface area contributed by atoms with Gasteiger partial charge in [-0.15, -0.1) is 0 Å². The number of aromatic amines is 1. The molecule has 0 aliphatic rings. The summed E-state index contributed by atoms with van der Waals surface area (Å²) in [6.45, 7) is 0.417. The predicted octanol–water partition coefficient (Wildman–Crippen LogP) is 4.65. The molecule has 2 N–H and O–H groups in total. The second kappa shape index (κ2) is 8.19. The summed E-state index contributed by atoms with van der Waals surface area (Å²) in [6, 6.07) is 19.6. The van der Waals surface area contributed by atoms with E-state index >= 15 is 0 Å². The normalized spacial score (nSPS) is 10.8. The van der Waals surface area contributed by atoms with Gasteiger partial charge in [0.25, 0.3) is 5.91 Å². The van der Waals surface area contributed by atoms with E-state index in [1.54, 1.807) is 31.3 Å². The third-order valence-electron chi connectivity index (χ3n) is 4.32. The fourth-order valence-electron chi connectivity index (χ4n) is 2.92. The van der Waals surface area contributed by atoms with Gasteiger partial charge in [0.05, 0.1) is 17.5 Å². The monoisotopic (exact) mass is 389 g/mol. The van der Waals surface area contributed by atoms with E-state index in [0.717, 1.165) is 32.0 Å². The molecule has 1 amide bonds. The molecule has 0 radical (unpaired) electrons. The number of carbonyl (C=O) groups is 1. The molecule has 140 valence electrons. The van der Waals surface area contributed by atoms with Crippen molar-refractivity contribution < 1.29 is 9.53 Å². The molecule has 0 fully saturated rings. The van der Waals surface area contributed by atoms with Crippen molar-refractivity contribution in [2.24, 2.45) is 0 Å². The van der Waals surface area contributed by atoms with E-state index in [1.165, 1.54) is 0 Å². The number of ether oxygens (including phenoxy) is 1. The summed E-state index contributed by atoms with van der Waals surface area (Å²) in [5.41, 5.74) is 2.36. The molecular weight excluding hydrogens is 370 g/mol. The molecule has 0 aliphatic carbocycles. The lowest BCUT2D eigenvalue weighted by Crippen LogP contribution is -2.23. The highest BCUT2D eigenvalue weighted by atomic mass is 32.2. The van der Waals surface area contributed by atoms with Crippen LogP contribution in [0.1, 0.15) is 16.1 Å². The second-order valence-corrected chi connectivity index (χ2v) is 7.28. The Hall–Kier alpha value is -3.25. The number of hydrogen-bond acceptors (Lipinski definition) is 4. The van der Waals surface area contributed by atoms with Crippen molar-refractivity contribution in [1.82, 2.24) is 15.3 Å². The van der Waals surface area contributed by atoms with E-state index in [0.29, 0.717) is 12.2 Å². The van der Waals surface area contributed by atoms with Gasteiger partial charge < -0.3 is 15.0 Å². The number of H-pyrrole nitrogens is 1. The zero-order valence-corrected chi connectivity index (χ0v) is 16.1. The van der Waals surface area contributed by atoms with Gasteiger partial charge in [-0.2, -0.15) is 0 Å². The molecule has 4 rings (SSSR count). The molecule has 2 aromatic carbocycles. The summed E-state index contributed by atoms with van der Waals surface area (Å²) in [5.74, 6) is 0.588. The maximum absolute atomic E-state index is 12.9. The SMILES string of the molecule is COc1ccc2c(Sc3ccccc3)c(C(=O)NCc3cccnc3)[nH]c2c1. The molecular formula is C22H19N3O2S. The largest absolute Gasteiger partial charge is 0.497 e. The number of nitrogens with one attached hydrogen (secondary N) is 2. The summed E-state index contributed by atoms with van der Waals surface area (Å²) in [4.78, 5) is 22.3. The number of benzene rings is 2. The van der Waals surface area contributed by atoms with Crippen LogP contribution in [0.3, 0.4) is 0 Å². The second-order valence-electron chi connectivity index (χ2n) is 6.20. The number of nitrogens with zero attached hydrogens (tertiary/aromatic N) is 1. The van der Waals surface area contributed by atoms with Crippen molar-refractivity contribution in [1.29, 1.82) is 0 Å². The minimum Gasteiger partial charge on any atom is -0.497 e. The number of methoxy groups -OCH3 is 1. The summed E-state index contributed by atoms with van der Waals surface area (Å²) < 4.78 is 5.32. The van der Waals surface area contributed by atoms with Crippen molar-refractivity contribution >= 4 is 28.6 Å². The molecule has 2 aromatic heterocycles. The Labute approximate surface area is 167 Å². The van der Waals surface area contributed by atoms with Crippen LogP contribution in [0.4, 0.5) is 0 Å². The molecule has 0 saturated heterocycles. The number of aromatic nitrogens is 2. The van der Waals surface area contributed by atoms with Crippen LogP contribution in [0.5, 0.6) is 5.75 Å². The van der Waals surface area contributed by atoms with Gasteiger partial charge in [0, 0.05) is 35.3 Å². The first-order chi connectivity index (χ1) is 13.7. The third kappa shape index (κ3) is 3.87. The van der Waals surface area contributed by atoms with Crippen molar-refractivity contribution in [2.45, 2.75) is 16.3 Å². The van der Waals surface area contributed by atoms with E-state index in [9.17, 15) is 4.79 Å². The molecule has 0 atom stereocenters. The van der Waals surface area contributed by atoms with Crippen molar-refractivity contribution in [2.75, 3.05) is 7.11 Å². The number of amides is 1. The summed E-state index contributed by atoms with van der Waals surface area (Å²) in [7, 11) is 1.63. The van der Waals surface area contributed by atoms with E-state index in [4.69, 9.17) is 4.74 Å². The van der Waals surface area contributed by atoms with Crippen LogP contribution in [0.2, 0.25) is 0 Å². The molecule has 6 heteroatoms. The van der Waals surface area contributed by atoms with Crippen LogP contribution in [-0.4, -0.2) is 23.0 Å². The number of rotatable bonds is 6. The maximum atomic E-state index is 12.9. The smallest absolute Gasteiger partial charge is 0.269 e. The molecule has 0 aliphatic heterocycles. The fraction of sp³-hybridized carbons (Fsp3) is 0.0909. The molecule has 0 spiro atoms. The van der Waals surface area contributed by atoms with Crippen molar-refractivity contribution in [3.05, 3.63) is 84.3 Å². The zero-order chi connectivity index (χ0) is 19.3. The number of fused-ring (bicyclic) bond motifs is 1. The summed E-state index contributed by atoms with van der Waals surface area (Å²) >= 11 is 1.57. The third-order valence-corrected chi connectivity index (χ3v) is 5.46. The Kier molecular flexibility index (Phi) is 5.30. The first kappa shape index (κ1) is 18.1. The van der Waals surface area contributed by atoms with Crippen LogP contribution in [0.25, 0.3) is 10.9 Å². The first-order valence-corrected chi connectivity index (χ1v) is 9.66. The fourth-order valence-corrected chi connectivity index (χ4v) is 3.99. The first-order valence-electron chi connectivity index (χ1n) is 8.84. The van der Waals surface area contributed by atoms with Gasteiger partial charge in [-0.3, -0.25) is 9.78 Å². The summed E-state index contributed by atoms with van der Waals surface area (Å²) in [6.07, 6.45) is 3.46. The minimum atomic E-state index is -0.155. The number of pyridine rings is 1. The van der Waals surface area contributed by atoms with E-state index in [2.05, 4.69) is 15.3 Å². The molecule has 0 unspecified atom stereocenters. The molecule has 0 saturated carbocycles. The minimum absolute atomic E-state index is 0.155. The molecule has 4 aromatic rings. The Morgan fingerprint density at radius 1 is 1.14 bits per heavy atom. The lowest BCUT2D eigenvalue weighted by Gasteiger charge is -2.07. The highest BCUT2D eigenvalue weighted by Crippen LogP contribution is 2.37. The van der Waals surface area contributed by atoms with E-state index in [-0.39, 0.29) is 5.91 Å². The lowest BCUT2D eigenvalue weighted by atomic mass is 10.2. The van der Waals surface area contributed by atoms with Crippen LogP contribution in [0, 0.1) is 0 Å². The Morgan fingerprint density at radius 2 is 2.00 bits per heavy atom. The highest BCUT2D eigenvalue weighted by molar-refractivity contribution is 7.99. The van der Waals surface area contributed by atoms with Crippen LogP contribution < -0.4 is 10.1 Å². The zero-order valence-electron chi connectivity index (χ0n) is 15.3. The average Bonchev–Trinajstić information content (AvgIpc) is 3.11. The molecule has 2 heterocycles. The quantitative estimate of drug-likeness (QED) is 0.504. The summed E-state index contributed by atoms with van der Waals surface area (Å²) in [5, 5.41) is 3.96. The van der Waals surface area contributed by atoms with Crippen LogP contribution >= 0.6 is 11.8 Å². The van der Waals surface area contributed by atoms with Crippen LogP contribution in [0.15, 0.2) is 82.8 Å². The predicted molar refractivity (Wildman–Crippen MR) is 111 cm³/mol. The molecule has 0 bridgehead atoms. The average molecular weight is 389 g/mol. The van der Waals surface area contributed by atoms with Gasteiger partial charge >= 0.3 is 0 Å². The van der Waals surface area contributed by atoms with Gasteiger partial charge in [-0.05, 0) is 35.9 Å². The van der Waals surface area contributed by atoms with Gasteiger partial charge in [-0.25, -0.2) is 0 Å². The van der Waals surface area contributed by atoms with E-state index in [1.807, 2.05) is 60.7 Å². The number of carbonyl (C=O) groups excluding carboxylic acids is 1. The van der Waals surface area contributed by atoms with Crippen LogP contribution in [-0.2, 0) is 6.54 Å². The Balaban J connectivity index is 1.68. The Bertz CT molecular complexity index is 1090. The van der Waals surface area contributed by atoms with Gasteiger partial charge in [0.1, 0.15) is 11.4 Å². The standard InChI is InChI=1S/C22H19N3O2S/c1-27-16-9-10-18-19(12-16)25-20(21(18)28-17-7-3-2-4-8-17)22(26)24-14-15-6-5-11-23-13-15/h2-13,25H,14H2,1H3,(H,24,26).